The Morgan fingerprint density at radius 3 is 1.82 bits per heavy atom. The molecule has 0 bridgehead atoms. The molecule has 15 heteroatoms. The number of halogens is 8. The topological polar surface area (TPSA) is 93.6 Å². The fraction of sp³-hybridized carbons (Fsp3) is 0.133. The number of hydrogen-bond acceptors (Lipinski definition) is 5. The number of nitrogens with two attached hydrogens (primary N) is 1. The zero-order valence-corrected chi connectivity index (χ0v) is 31.3. The third kappa shape index (κ3) is 8.67. The Morgan fingerprint density at radius 1 is 0.683 bits per heavy atom. The summed E-state index contributed by atoms with van der Waals surface area (Å²) in [5.41, 5.74) is 3.76. The third-order valence-electron chi connectivity index (χ3n) is 9.86. The molecule has 8 aromatic rings. The van der Waals surface area contributed by atoms with Crippen LogP contribution >= 0.6 is 0 Å². The largest absolute Gasteiger partial charge is 0.424 e. The molecule has 3 heterocycles. The fourth-order valence-corrected chi connectivity index (χ4v) is 6.47. The normalized spacial score (nSPS) is 15.9. The zero-order valence-electron chi connectivity index (χ0n) is 31.3. The van der Waals surface area contributed by atoms with E-state index in [0.29, 0.717) is 27.7 Å². The first-order chi connectivity index (χ1) is 28.6. The van der Waals surface area contributed by atoms with Crippen molar-refractivity contribution in [2.75, 3.05) is 24.2 Å². The van der Waals surface area contributed by atoms with Crippen LogP contribution in [-0.4, -0.2) is 45.0 Å². The Bertz CT molecular complexity index is 2680. The quantitative estimate of drug-likeness (QED) is 0.0845. The van der Waals surface area contributed by atoms with Crippen molar-refractivity contribution in [1.82, 2.24) is 14.3 Å². The summed E-state index contributed by atoms with van der Waals surface area (Å²) in [5.74, 6) is -0.746. The van der Waals surface area contributed by atoms with Gasteiger partial charge in [-0.15, -0.1) is 0 Å². The first-order valence-electron chi connectivity index (χ1n) is 18.3. The van der Waals surface area contributed by atoms with Gasteiger partial charge in [0, 0.05) is 34.0 Å². The van der Waals surface area contributed by atoms with Crippen molar-refractivity contribution in [2.24, 2.45) is 0 Å². The Labute approximate surface area is 337 Å². The van der Waals surface area contributed by atoms with E-state index in [1.54, 1.807) is 65.4 Å². The van der Waals surface area contributed by atoms with Crippen LogP contribution in [0.2, 0.25) is 0 Å². The fourth-order valence-electron chi connectivity index (χ4n) is 6.47. The number of nitrogens with one attached hydrogen (secondary N) is 1. The second-order valence-electron chi connectivity index (χ2n) is 13.8. The minimum absolute atomic E-state index is 0.106. The van der Waals surface area contributed by atoms with Crippen molar-refractivity contribution in [3.05, 3.63) is 187 Å². The molecule has 1 aliphatic rings. The van der Waals surface area contributed by atoms with Gasteiger partial charge in [0.25, 0.3) is 0 Å². The van der Waals surface area contributed by atoms with E-state index in [1.807, 2.05) is 30.3 Å². The Morgan fingerprint density at radius 2 is 1.27 bits per heavy atom. The highest BCUT2D eigenvalue weighted by atomic mass is 19.4. The van der Waals surface area contributed by atoms with E-state index >= 15 is 0 Å². The van der Waals surface area contributed by atoms with Crippen molar-refractivity contribution in [3.63, 3.8) is 0 Å². The number of alkyl halides is 6. The first-order valence-corrected chi connectivity index (χ1v) is 18.3. The average Bonchev–Trinajstić information content (AvgIpc) is 3.81. The molecule has 0 spiro atoms. The lowest BCUT2D eigenvalue weighted by Crippen LogP contribution is -2.47. The van der Waals surface area contributed by atoms with Crippen molar-refractivity contribution in [1.29, 1.82) is 0 Å². The van der Waals surface area contributed by atoms with Gasteiger partial charge >= 0.3 is 12.4 Å². The summed E-state index contributed by atoms with van der Waals surface area (Å²) in [6.07, 6.45) is -6.19. The summed E-state index contributed by atoms with van der Waals surface area (Å²) in [6, 6.07) is 39.6. The number of para-hydroxylation sites is 2. The van der Waals surface area contributed by atoms with E-state index in [4.69, 9.17) is 10.5 Å². The van der Waals surface area contributed by atoms with Crippen LogP contribution in [0.4, 0.5) is 46.5 Å². The van der Waals surface area contributed by atoms with Crippen LogP contribution < -0.4 is 11.1 Å². The average molecular weight is 830 g/mol. The molecular formula is C45H35F8N5O2. The smallest absolute Gasteiger partial charge is 0.399 e. The van der Waals surface area contributed by atoms with Crippen LogP contribution in [0.15, 0.2) is 164 Å². The summed E-state index contributed by atoms with van der Waals surface area (Å²) in [7, 11) is 0. The van der Waals surface area contributed by atoms with Gasteiger partial charge in [-0.3, -0.25) is 0 Å². The zero-order chi connectivity index (χ0) is 42.7. The predicted molar refractivity (Wildman–Crippen MR) is 214 cm³/mol. The number of anilines is 2. The lowest BCUT2D eigenvalue weighted by Gasteiger charge is -2.31. The van der Waals surface area contributed by atoms with Crippen LogP contribution in [0.3, 0.4) is 0 Å². The summed E-state index contributed by atoms with van der Waals surface area (Å²) in [4.78, 5) is 0. The molecule has 2 unspecified atom stereocenters. The predicted octanol–water partition coefficient (Wildman–Crippen LogP) is 10.9. The lowest BCUT2D eigenvalue weighted by atomic mass is 9.92. The van der Waals surface area contributed by atoms with Gasteiger partial charge in [0.1, 0.15) is 11.6 Å². The van der Waals surface area contributed by atoms with E-state index in [9.17, 15) is 40.2 Å². The highest BCUT2D eigenvalue weighted by Gasteiger charge is 2.67. The molecule has 0 saturated carbocycles. The molecule has 0 radical (unpaired) electrons. The molecule has 1 aliphatic heterocycles. The van der Waals surface area contributed by atoms with Crippen molar-refractivity contribution in [2.45, 2.75) is 23.6 Å². The number of nitrogen functional groups attached to an aromatic ring is 1. The van der Waals surface area contributed by atoms with Gasteiger partial charge in [0.15, 0.2) is 0 Å². The third-order valence-corrected chi connectivity index (χ3v) is 9.86. The standard InChI is InChI=1S/C22H17F4N3O.C17H11F4NO.C6H7N/c23-17-7-9-19(10-8-17)29-20-11-6-16(12-15(20)13-28-29)21(30,22(24,25)26)14-27-18-4-2-1-3-5-18;18-13-2-4-14(5-3-13)22-8-7-11-9-12(1-6-15(11)22)16(10-23-16)17(19,20)21;7-6-4-2-1-3-5-6/h1-13,27,30H,14H2;1-9H,10H2;1-5H,7H2. The molecule has 4 N–H and O–H groups in total. The number of rotatable bonds is 7. The maximum Gasteiger partial charge on any atom is 0.424 e. The molecule has 9 rings (SSSR count). The monoisotopic (exact) mass is 829 g/mol. The molecule has 0 amide bonds. The number of epoxide rings is 1. The van der Waals surface area contributed by atoms with Crippen molar-refractivity contribution in [3.8, 4) is 11.4 Å². The Kier molecular flexibility index (Phi) is 11.4. The number of benzene rings is 6. The van der Waals surface area contributed by atoms with Crippen LogP contribution in [0.25, 0.3) is 33.2 Å². The van der Waals surface area contributed by atoms with Gasteiger partial charge in [-0.2, -0.15) is 31.4 Å². The van der Waals surface area contributed by atoms with Gasteiger partial charge in [0.05, 0.1) is 36.1 Å². The van der Waals surface area contributed by atoms with Crippen molar-refractivity contribution >= 4 is 33.2 Å². The second-order valence-corrected chi connectivity index (χ2v) is 13.8. The summed E-state index contributed by atoms with van der Waals surface area (Å²) in [6.45, 7) is -1.10. The van der Waals surface area contributed by atoms with Gasteiger partial charge < -0.3 is 25.5 Å². The molecule has 1 saturated heterocycles. The Balaban J connectivity index is 0.000000160. The molecule has 308 valence electrons. The molecule has 1 fully saturated rings. The maximum atomic E-state index is 13.9. The van der Waals surface area contributed by atoms with Gasteiger partial charge in [-0.05, 0) is 114 Å². The van der Waals surface area contributed by atoms with Crippen molar-refractivity contribution < 1.29 is 45.0 Å². The van der Waals surface area contributed by atoms with Crippen LogP contribution in [0, 0.1) is 11.6 Å². The highest BCUT2D eigenvalue weighted by molar-refractivity contribution is 5.83. The minimum atomic E-state index is -4.91. The summed E-state index contributed by atoms with van der Waals surface area (Å²) >= 11 is 0. The SMILES string of the molecule is Fc1ccc(-n2ccc3cc(C4(C(F)(F)F)CO4)ccc32)cc1.Nc1ccccc1.OC(CNc1ccccc1)(c1ccc2c(cnn2-c2ccc(F)cc2)c1)C(F)(F)F. The van der Waals surface area contributed by atoms with E-state index in [1.165, 1.54) is 77.6 Å². The Hall–Kier alpha value is -6.71. The van der Waals surface area contributed by atoms with Gasteiger partial charge in [-0.1, -0.05) is 48.5 Å². The highest BCUT2D eigenvalue weighted by Crippen LogP contribution is 2.52. The number of hydrogen-bond donors (Lipinski definition) is 3. The molecule has 0 aliphatic carbocycles. The van der Waals surface area contributed by atoms with E-state index in [2.05, 4.69) is 10.4 Å². The van der Waals surface area contributed by atoms with Gasteiger partial charge in [-0.25, -0.2) is 13.5 Å². The summed E-state index contributed by atoms with van der Waals surface area (Å²) < 4.78 is 115. The number of nitrogens with zero attached hydrogens (tertiary/aromatic N) is 3. The number of aliphatic hydroxyl groups is 1. The summed E-state index contributed by atoms with van der Waals surface area (Å²) in [5, 5.41) is 18.6. The number of aromatic nitrogens is 3. The molecular weight excluding hydrogens is 795 g/mol. The molecule has 2 atom stereocenters. The van der Waals surface area contributed by atoms with Crippen LogP contribution in [0.5, 0.6) is 0 Å². The first kappa shape index (κ1) is 41.4. The number of fused-ring (bicyclic) bond motifs is 2. The minimum Gasteiger partial charge on any atom is -0.399 e. The van der Waals surface area contributed by atoms with Crippen LogP contribution in [0.1, 0.15) is 11.1 Å². The molecule has 2 aromatic heterocycles. The van der Waals surface area contributed by atoms with Crippen LogP contribution in [-0.2, 0) is 15.9 Å². The van der Waals surface area contributed by atoms with E-state index < -0.39 is 35.9 Å². The van der Waals surface area contributed by atoms with E-state index in [0.717, 1.165) is 16.9 Å². The lowest BCUT2D eigenvalue weighted by molar-refractivity contribution is -0.260. The second kappa shape index (κ2) is 16.5. The number of ether oxygens (including phenoxy) is 1. The van der Waals surface area contributed by atoms with E-state index in [-0.39, 0.29) is 23.6 Å². The molecule has 6 aromatic carbocycles. The molecule has 7 nitrogen and oxygen atoms in total. The molecule has 60 heavy (non-hydrogen) atoms. The van der Waals surface area contributed by atoms with Gasteiger partial charge in [0.2, 0.25) is 11.2 Å². The maximum absolute atomic E-state index is 13.9.